The number of hydrogen-bond acceptors (Lipinski definition) is 5. The Labute approximate surface area is 235 Å². The molecule has 0 bridgehead atoms. The van der Waals surface area contributed by atoms with Crippen molar-refractivity contribution in [3.05, 3.63) is 58.1 Å². The first kappa shape index (κ1) is 30.1. The molecular formula is C27H35Cl2N3O5S. The molecule has 3 rings (SSSR count). The Morgan fingerprint density at radius 2 is 1.74 bits per heavy atom. The molecule has 0 heterocycles. The SMILES string of the molecule is CC[C@H](C(=O)NC1CCCCC1)N(Cc1ccc(OC)cc1)C(=O)CN(c1cccc(Cl)c1Cl)S(C)(=O)=O. The van der Waals surface area contributed by atoms with Gasteiger partial charge in [-0.3, -0.25) is 13.9 Å². The molecule has 8 nitrogen and oxygen atoms in total. The van der Waals surface area contributed by atoms with Gasteiger partial charge >= 0.3 is 0 Å². The van der Waals surface area contributed by atoms with Crippen LogP contribution in [-0.2, 0) is 26.2 Å². The topological polar surface area (TPSA) is 96.0 Å². The number of sulfonamides is 1. The molecule has 0 radical (unpaired) electrons. The van der Waals surface area contributed by atoms with Crippen LogP contribution in [0.15, 0.2) is 42.5 Å². The van der Waals surface area contributed by atoms with E-state index in [0.29, 0.717) is 12.2 Å². The zero-order valence-electron chi connectivity index (χ0n) is 22.0. The van der Waals surface area contributed by atoms with Crippen molar-refractivity contribution in [1.82, 2.24) is 10.2 Å². The van der Waals surface area contributed by atoms with E-state index in [1.807, 2.05) is 19.1 Å². The Kier molecular flexibility index (Phi) is 10.7. The second-order valence-corrected chi connectivity index (χ2v) is 12.2. The van der Waals surface area contributed by atoms with Crippen LogP contribution in [0.3, 0.4) is 0 Å². The fourth-order valence-corrected chi connectivity index (χ4v) is 5.97. The Morgan fingerprint density at radius 1 is 1.08 bits per heavy atom. The van der Waals surface area contributed by atoms with Crippen LogP contribution in [0.5, 0.6) is 5.75 Å². The summed E-state index contributed by atoms with van der Waals surface area (Å²) in [5.74, 6) is -0.117. The van der Waals surface area contributed by atoms with Crippen LogP contribution in [0.2, 0.25) is 10.0 Å². The summed E-state index contributed by atoms with van der Waals surface area (Å²) in [4.78, 5) is 28.7. The third kappa shape index (κ3) is 7.77. The van der Waals surface area contributed by atoms with E-state index in [2.05, 4.69) is 5.32 Å². The Morgan fingerprint density at radius 3 is 2.32 bits per heavy atom. The lowest BCUT2D eigenvalue weighted by atomic mass is 9.95. The van der Waals surface area contributed by atoms with Crippen molar-refractivity contribution in [2.24, 2.45) is 0 Å². The van der Waals surface area contributed by atoms with Gasteiger partial charge in [0.05, 0.1) is 29.1 Å². The summed E-state index contributed by atoms with van der Waals surface area (Å²) in [5, 5.41) is 3.31. The predicted molar refractivity (Wildman–Crippen MR) is 151 cm³/mol. The number of carbonyl (C=O) groups excluding carboxylic acids is 2. The van der Waals surface area contributed by atoms with Crippen LogP contribution >= 0.6 is 23.2 Å². The molecule has 1 aliphatic rings. The van der Waals surface area contributed by atoms with Gasteiger partial charge in [-0.1, -0.05) is 67.6 Å². The Bertz CT molecular complexity index is 1220. The number of anilines is 1. The van der Waals surface area contributed by atoms with Gasteiger partial charge in [-0.25, -0.2) is 8.42 Å². The smallest absolute Gasteiger partial charge is 0.244 e. The monoisotopic (exact) mass is 583 g/mol. The number of ether oxygens (including phenoxy) is 1. The summed E-state index contributed by atoms with van der Waals surface area (Å²) >= 11 is 12.5. The van der Waals surface area contributed by atoms with Crippen molar-refractivity contribution < 1.29 is 22.7 Å². The number of methoxy groups -OCH3 is 1. The molecule has 0 saturated heterocycles. The summed E-state index contributed by atoms with van der Waals surface area (Å²) in [7, 11) is -2.35. The van der Waals surface area contributed by atoms with Gasteiger partial charge in [-0.15, -0.1) is 0 Å². The molecule has 0 spiro atoms. The highest BCUT2D eigenvalue weighted by Crippen LogP contribution is 2.34. The first-order valence-corrected chi connectivity index (χ1v) is 15.3. The predicted octanol–water partition coefficient (Wildman–Crippen LogP) is 5.02. The lowest BCUT2D eigenvalue weighted by Crippen LogP contribution is -2.54. The van der Waals surface area contributed by atoms with Crippen molar-refractivity contribution in [3.8, 4) is 5.75 Å². The summed E-state index contributed by atoms with van der Waals surface area (Å²) in [6.07, 6.45) is 6.43. The van der Waals surface area contributed by atoms with E-state index in [9.17, 15) is 18.0 Å². The zero-order valence-corrected chi connectivity index (χ0v) is 24.3. The molecule has 2 aromatic rings. The number of hydrogen-bond donors (Lipinski definition) is 1. The Hall–Kier alpha value is -2.49. The minimum atomic E-state index is -3.92. The highest BCUT2D eigenvalue weighted by molar-refractivity contribution is 7.92. The van der Waals surface area contributed by atoms with Gasteiger partial charge in [-0.05, 0) is 49.1 Å². The number of halogens is 2. The van der Waals surface area contributed by atoms with E-state index < -0.39 is 28.5 Å². The van der Waals surface area contributed by atoms with E-state index >= 15 is 0 Å². The molecule has 1 fully saturated rings. The molecule has 1 saturated carbocycles. The average molecular weight is 585 g/mol. The largest absolute Gasteiger partial charge is 0.497 e. The number of carbonyl (C=O) groups is 2. The van der Waals surface area contributed by atoms with E-state index in [-0.39, 0.29) is 34.2 Å². The number of nitrogens with zero attached hydrogens (tertiary/aromatic N) is 2. The van der Waals surface area contributed by atoms with Crippen molar-refractivity contribution in [1.29, 1.82) is 0 Å². The maximum absolute atomic E-state index is 13.8. The molecule has 0 unspecified atom stereocenters. The Balaban J connectivity index is 1.94. The van der Waals surface area contributed by atoms with Gasteiger partial charge in [0.15, 0.2) is 0 Å². The first-order chi connectivity index (χ1) is 18.0. The number of rotatable bonds is 11. The average Bonchev–Trinajstić information content (AvgIpc) is 2.89. The van der Waals surface area contributed by atoms with Crippen molar-refractivity contribution in [2.45, 2.75) is 64.1 Å². The lowest BCUT2D eigenvalue weighted by Gasteiger charge is -2.34. The molecule has 1 N–H and O–H groups in total. The number of benzene rings is 2. The van der Waals surface area contributed by atoms with Crippen LogP contribution in [0.1, 0.15) is 51.0 Å². The van der Waals surface area contributed by atoms with Crippen LogP contribution in [-0.4, -0.2) is 57.1 Å². The van der Waals surface area contributed by atoms with Crippen molar-refractivity contribution in [3.63, 3.8) is 0 Å². The minimum Gasteiger partial charge on any atom is -0.497 e. The fourth-order valence-electron chi connectivity index (χ4n) is 4.67. The summed E-state index contributed by atoms with van der Waals surface area (Å²) in [6.45, 7) is 1.41. The van der Waals surface area contributed by atoms with Crippen LogP contribution in [0.25, 0.3) is 0 Å². The van der Waals surface area contributed by atoms with Gasteiger partial charge < -0.3 is 15.0 Å². The quantitative estimate of drug-likeness (QED) is 0.400. The van der Waals surface area contributed by atoms with Crippen LogP contribution in [0.4, 0.5) is 5.69 Å². The molecule has 2 amide bonds. The lowest BCUT2D eigenvalue weighted by molar-refractivity contribution is -0.140. The second-order valence-electron chi connectivity index (χ2n) is 9.48. The maximum atomic E-state index is 13.8. The standard InChI is InChI=1S/C27H35Cl2N3O5S/c1-4-23(27(34)30-20-9-6-5-7-10-20)31(17-19-13-15-21(37-2)16-14-19)25(33)18-32(38(3,35)36)24-12-8-11-22(28)26(24)29/h8,11-16,20,23H,4-7,9-10,17-18H2,1-3H3,(H,30,34)/t23-/m1/s1. The molecular weight excluding hydrogens is 549 g/mol. The van der Waals surface area contributed by atoms with Crippen LogP contribution < -0.4 is 14.4 Å². The van der Waals surface area contributed by atoms with Gasteiger partial charge in [0, 0.05) is 12.6 Å². The second kappa shape index (κ2) is 13.5. The van der Waals surface area contributed by atoms with Gasteiger partial charge in [0.1, 0.15) is 18.3 Å². The molecule has 11 heteroatoms. The summed E-state index contributed by atoms with van der Waals surface area (Å²) in [5.41, 5.74) is 0.869. The summed E-state index contributed by atoms with van der Waals surface area (Å²) < 4.78 is 31.7. The normalized spacial score (nSPS) is 15.0. The van der Waals surface area contributed by atoms with E-state index in [4.69, 9.17) is 27.9 Å². The molecule has 1 aliphatic carbocycles. The third-order valence-corrected chi connectivity index (χ3v) is 8.66. The summed E-state index contributed by atoms with van der Waals surface area (Å²) in [6, 6.07) is 11.0. The zero-order chi connectivity index (χ0) is 27.9. The maximum Gasteiger partial charge on any atom is 0.244 e. The molecule has 38 heavy (non-hydrogen) atoms. The van der Waals surface area contributed by atoms with Gasteiger partial charge in [-0.2, -0.15) is 0 Å². The number of nitrogens with one attached hydrogen (secondary N) is 1. The minimum absolute atomic E-state index is 0.0242. The molecule has 2 aromatic carbocycles. The van der Waals surface area contributed by atoms with Crippen molar-refractivity contribution in [2.75, 3.05) is 24.2 Å². The molecule has 1 atom stereocenters. The highest BCUT2D eigenvalue weighted by atomic mass is 35.5. The van der Waals surface area contributed by atoms with Crippen LogP contribution in [0, 0.1) is 0 Å². The van der Waals surface area contributed by atoms with E-state index in [0.717, 1.165) is 48.2 Å². The molecule has 0 aromatic heterocycles. The molecule has 208 valence electrons. The fraction of sp³-hybridized carbons (Fsp3) is 0.481. The van der Waals surface area contributed by atoms with Crippen molar-refractivity contribution >= 4 is 50.7 Å². The molecule has 0 aliphatic heterocycles. The van der Waals surface area contributed by atoms with E-state index in [1.54, 1.807) is 25.3 Å². The van der Waals surface area contributed by atoms with Gasteiger partial charge in [0.2, 0.25) is 21.8 Å². The highest BCUT2D eigenvalue weighted by Gasteiger charge is 2.33. The number of amides is 2. The van der Waals surface area contributed by atoms with E-state index in [1.165, 1.54) is 17.0 Å². The first-order valence-electron chi connectivity index (χ1n) is 12.7. The third-order valence-electron chi connectivity index (χ3n) is 6.73. The van der Waals surface area contributed by atoms with Gasteiger partial charge in [0.25, 0.3) is 0 Å².